The van der Waals surface area contributed by atoms with Crippen LogP contribution in [0.15, 0.2) is 33.5 Å². The first-order valence-electron chi connectivity index (χ1n) is 8.03. The number of aromatic amines is 1. The molecule has 1 atom stereocenters. The summed E-state index contributed by atoms with van der Waals surface area (Å²) in [6.45, 7) is 0. The first kappa shape index (κ1) is 14.9. The van der Waals surface area contributed by atoms with Crippen LogP contribution in [0.1, 0.15) is 41.6 Å². The van der Waals surface area contributed by atoms with E-state index in [1.807, 2.05) is 6.08 Å². The van der Waals surface area contributed by atoms with Crippen molar-refractivity contribution < 1.29 is 9.32 Å². The molecule has 1 unspecified atom stereocenters. The number of aryl methyl sites for hydroxylation is 1. The molecule has 7 heteroatoms. The van der Waals surface area contributed by atoms with E-state index in [4.69, 9.17) is 4.52 Å². The van der Waals surface area contributed by atoms with Crippen molar-refractivity contribution in [3.05, 3.63) is 46.6 Å². The number of nitrogens with one attached hydrogen (secondary N) is 2. The molecule has 124 valence electrons. The van der Waals surface area contributed by atoms with E-state index in [-0.39, 0.29) is 5.91 Å². The van der Waals surface area contributed by atoms with E-state index in [1.54, 1.807) is 6.07 Å². The number of aromatic nitrogens is 2. The molecule has 0 radical (unpaired) electrons. The molecule has 0 bridgehead atoms. The fraction of sp³-hybridized carbons (Fsp3) is 0.353. The monoisotopic (exact) mass is 325 g/mol. The van der Waals surface area contributed by atoms with Crippen LogP contribution in [0.2, 0.25) is 0 Å². The van der Waals surface area contributed by atoms with Gasteiger partial charge in [-0.05, 0) is 51.1 Å². The maximum absolute atomic E-state index is 12.1. The smallest absolute Gasteiger partial charge is 0.273 e. The third kappa shape index (κ3) is 2.46. The Labute approximate surface area is 139 Å². The van der Waals surface area contributed by atoms with Gasteiger partial charge < -0.3 is 14.4 Å². The SMILES string of the molecule is CN(C)C1CCCc2[nH]c(/C=C3\C(=O)NN=C3c3ccno3)cc21. The second kappa shape index (κ2) is 5.76. The Hall–Kier alpha value is -2.67. The molecule has 1 amide bonds. The number of hydrazone groups is 1. The van der Waals surface area contributed by atoms with Gasteiger partial charge in [-0.2, -0.15) is 5.10 Å². The molecule has 2 N–H and O–H groups in total. The van der Waals surface area contributed by atoms with Gasteiger partial charge in [0.2, 0.25) is 0 Å². The van der Waals surface area contributed by atoms with E-state index >= 15 is 0 Å². The molecule has 0 aromatic carbocycles. The maximum atomic E-state index is 12.1. The summed E-state index contributed by atoms with van der Waals surface area (Å²) in [5.74, 6) is 0.236. The highest BCUT2D eigenvalue weighted by atomic mass is 16.5. The third-order valence-corrected chi connectivity index (χ3v) is 4.58. The highest BCUT2D eigenvalue weighted by molar-refractivity contribution is 6.32. The summed E-state index contributed by atoms with van der Waals surface area (Å²) in [5, 5.41) is 7.73. The molecule has 1 aliphatic heterocycles. The summed E-state index contributed by atoms with van der Waals surface area (Å²) in [6, 6.07) is 4.24. The van der Waals surface area contributed by atoms with Crippen LogP contribution in [-0.4, -0.2) is 40.8 Å². The molecule has 7 nitrogen and oxygen atoms in total. The summed E-state index contributed by atoms with van der Waals surface area (Å²) in [7, 11) is 4.20. The van der Waals surface area contributed by atoms with Gasteiger partial charge >= 0.3 is 0 Å². The zero-order chi connectivity index (χ0) is 16.7. The first-order valence-corrected chi connectivity index (χ1v) is 8.03. The van der Waals surface area contributed by atoms with Gasteiger partial charge in [0.1, 0.15) is 5.71 Å². The quantitative estimate of drug-likeness (QED) is 0.843. The lowest BCUT2D eigenvalue weighted by molar-refractivity contribution is -0.116. The summed E-state index contributed by atoms with van der Waals surface area (Å²) < 4.78 is 5.13. The fourth-order valence-electron chi connectivity index (χ4n) is 3.43. The standard InChI is InChI=1S/C17H19N5O2/c1-22(2)14-5-3-4-13-11(14)8-10(19-13)9-12-16(20-21-17(12)23)15-6-7-18-24-15/h6-9,14,19H,3-5H2,1-2H3,(H,21,23)/b12-9-. The van der Waals surface area contributed by atoms with Crippen molar-refractivity contribution in [2.45, 2.75) is 25.3 Å². The Kier molecular flexibility index (Phi) is 3.57. The molecule has 2 aromatic heterocycles. The van der Waals surface area contributed by atoms with Crippen LogP contribution in [0.3, 0.4) is 0 Å². The van der Waals surface area contributed by atoms with Crippen molar-refractivity contribution >= 4 is 17.7 Å². The molecule has 0 saturated heterocycles. The van der Waals surface area contributed by atoms with E-state index in [1.165, 1.54) is 17.5 Å². The summed E-state index contributed by atoms with van der Waals surface area (Å²) >= 11 is 0. The minimum atomic E-state index is -0.238. The van der Waals surface area contributed by atoms with Crippen molar-refractivity contribution in [1.82, 2.24) is 20.5 Å². The average molecular weight is 325 g/mol. The maximum Gasteiger partial charge on any atom is 0.273 e. The van der Waals surface area contributed by atoms with Gasteiger partial charge in [0.15, 0.2) is 5.76 Å². The highest BCUT2D eigenvalue weighted by Gasteiger charge is 2.28. The molecule has 1 aliphatic carbocycles. The van der Waals surface area contributed by atoms with E-state index in [0.717, 1.165) is 25.0 Å². The topological polar surface area (TPSA) is 86.5 Å². The molecule has 4 rings (SSSR count). The lowest BCUT2D eigenvalue weighted by Gasteiger charge is -2.28. The Morgan fingerprint density at radius 2 is 2.29 bits per heavy atom. The molecular weight excluding hydrogens is 306 g/mol. The zero-order valence-corrected chi connectivity index (χ0v) is 13.7. The minimum Gasteiger partial charge on any atom is -0.359 e. The average Bonchev–Trinajstić information content (AvgIpc) is 3.27. The molecule has 0 spiro atoms. The Balaban J connectivity index is 1.71. The van der Waals surface area contributed by atoms with Crippen LogP contribution in [0, 0.1) is 0 Å². The number of carbonyl (C=O) groups is 1. The summed E-state index contributed by atoms with van der Waals surface area (Å²) in [5.41, 5.74) is 6.92. The highest BCUT2D eigenvalue weighted by Crippen LogP contribution is 2.34. The van der Waals surface area contributed by atoms with Gasteiger partial charge in [-0.25, -0.2) is 5.43 Å². The van der Waals surface area contributed by atoms with Crippen molar-refractivity contribution in [1.29, 1.82) is 0 Å². The van der Waals surface area contributed by atoms with Crippen LogP contribution in [0.4, 0.5) is 0 Å². The Morgan fingerprint density at radius 1 is 1.42 bits per heavy atom. The molecule has 0 saturated carbocycles. The van der Waals surface area contributed by atoms with Crippen LogP contribution >= 0.6 is 0 Å². The lowest BCUT2D eigenvalue weighted by atomic mass is 9.92. The van der Waals surface area contributed by atoms with Gasteiger partial charge in [-0.15, -0.1) is 0 Å². The van der Waals surface area contributed by atoms with Crippen molar-refractivity contribution in [3.8, 4) is 0 Å². The second-order valence-corrected chi connectivity index (χ2v) is 6.37. The number of amides is 1. The Bertz CT molecular complexity index is 829. The normalized spacial score (nSPS) is 22.0. The van der Waals surface area contributed by atoms with E-state index in [9.17, 15) is 4.79 Å². The van der Waals surface area contributed by atoms with Crippen LogP contribution in [0.5, 0.6) is 0 Å². The number of carbonyl (C=O) groups excluding carboxylic acids is 1. The van der Waals surface area contributed by atoms with Gasteiger partial charge in [0.05, 0.1) is 11.8 Å². The molecule has 24 heavy (non-hydrogen) atoms. The Morgan fingerprint density at radius 3 is 3.04 bits per heavy atom. The fourth-order valence-corrected chi connectivity index (χ4v) is 3.43. The first-order chi connectivity index (χ1) is 11.6. The van der Waals surface area contributed by atoms with E-state index in [0.29, 0.717) is 23.1 Å². The number of H-pyrrole nitrogens is 1. The van der Waals surface area contributed by atoms with Crippen LogP contribution in [-0.2, 0) is 11.2 Å². The van der Waals surface area contributed by atoms with Crippen molar-refractivity contribution in [3.63, 3.8) is 0 Å². The second-order valence-electron chi connectivity index (χ2n) is 6.37. The third-order valence-electron chi connectivity index (χ3n) is 4.58. The predicted octanol–water partition coefficient (Wildman–Crippen LogP) is 1.86. The van der Waals surface area contributed by atoms with Gasteiger partial charge in [-0.3, -0.25) is 4.79 Å². The molecular formula is C17H19N5O2. The zero-order valence-electron chi connectivity index (χ0n) is 13.7. The minimum absolute atomic E-state index is 0.238. The van der Waals surface area contributed by atoms with Crippen LogP contribution in [0.25, 0.3) is 6.08 Å². The number of hydrogen-bond donors (Lipinski definition) is 2. The van der Waals surface area contributed by atoms with Gasteiger partial charge in [0.25, 0.3) is 5.91 Å². The van der Waals surface area contributed by atoms with Gasteiger partial charge in [0, 0.05) is 23.5 Å². The molecule has 2 aromatic rings. The molecule has 3 heterocycles. The summed E-state index contributed by atoms with van der Waals surface area (Å²) in [6.07, 6.45) is 6.72. The summed E-state index contributed by atoms with van der Waals surface area (Å²) in [4.78, 5) is 17.8. The number of fused-ring (bicyclic) bond motifs is 1. The lowest BCUT2D eigenvalue weighted by Crippen LogP contribution is -2.23. The number of hydrogen-bond acceptors (Lipinski definition) is 5. The van der Waals surface area contributed by atoms with Crippen molar-refractivity contribution in [2.24, 2.45) is 5.10 Å². The van der Waals surface area contributed by atoms with E-state index < -0.39 is 0 Å². The van der Waals surface area contributed by atoms with Gasteiger partial charge in [-0.1, -0.05) is 5.16 Å². The molecule has 2 aliphatic rings. The number of rotatable bonds is 3. The van der Waals surface area contributed by atoms with E-state index in [2.05, 4.69) is 45.7 Å². The largest absolute Gasteiger partial charge is 0.359 e. The predicted molar refractivity (Wildman–Crippen MR) is 89.3 cm³/mol. The van der Waals surface area contributed by atoms with Crippen LogP contribution < -0.4 is 5.43 Å². The number of nitrogens with zero attached hydrogens (tertiary/aromatic N) is 3. The van der Waals surface area contributed by atoms with Crippen molar-refractivity contribution in [2.75, 3.05) is 14.1 Å². The molecule has 0 fully saturated rings.